The van der Waals surface area contributed by atoms with Crippen LogP contribution >= 0.6 is 11.3 Å². The van der Waals surface area contributed by atoms with Crippen LogP contribution in [0.25, 0.3) is 5.69 Å². The lowest BCUT2D eigenvalue weighted by Crippen LogP contribution is -2.16. The minimum Gasteiger partial charge on any atom is -0.324 e. The first-order chi connectivity index (χ1) is 13.2. The van der Waals surface area contributed by atoms with Crippen LogP contribution in [0.1, 0.15) is 33.0 Å². The lowest BCUT2D eigenvalue weighted by Gasteiger charge is -2.14. The van der Waals surface area contributed by atoms with Crippen molar-refractivity contribution in [2.45, 2.75) is 25.9 Å². The van der Waals surface area contributed by atoms with Gasteiger partial charge in [-0.3, -0.25) is 9.59 Å². The fourth-order valence-corrected chi connectivity index (χ4v) is 3.41. The maximum Gasteiger partial charge on any atom is 0.416 e. The summed E-state index contributed by atoms with van der Waals surface area (Å²) in [6.45, 7) is 1.87. The number of aryl methyl sites for hydroxylation is 1. The summed E-state index contributed by atoms with van der Waals surface area (Å²) in [5.74, 6) is -0.723. The van der Waals surface area contributed by atoms with E-state index < -0.39 is 17.6 Å². The number of benzene rings is 1. The number of amides is 1. The second-order valence-corrected chi connectivity index (χ2v) is 7.35. The van der Waals surface area contributed by atoms with E-state index in [1.807, 2.05) is 13.0 Å². The number of alkyl halides is 3. The van der Waals surface area contributed by atoms with Crippen molar-refractivity contribution in [2.24, 2.45) is 0 Å². The fourth-order valence-electron chi connectivity index (χ4n) is 2.57. The molecule has 0 unspecified atom stereocenters. The normalized spacial score (nSPS) is 11.4. The number of carbonyl (C=O) groups is 2. The Bertz CT molecular complexity index is 994. The van der Waals surface area contributed by atoms with E-state index in [9.17, 15) is 22.8 Å². The lowest BCUT2D eigenvalue weighted by molar-refractivity contribution is -0.137. The third kappa shape index (κ3) is 4.66. The highest BCUT2D eigenvalue weighted by Crippen LogP contribution is 2.33. The summed E-state index contributed by atoms with van der Waals surface area (Å²) in [7, 11) is 0. The summed E-state index contributed by atoms with van der Waals surface area (Å²) < 4.78 is 40.5. The van der Waals surface area contributed by atoms with E-state index in [2.05, 4.69) is 10.4 Å². The van der Waals surface area contributed by atoms with Crippen LogP contribution in [-0.4, -0.2) is 21.5 Å². The van der Waals surface area contributed by atoms with Crippen molar-refractivity contribution in [2.75, 3.05) is 5.32 Å². The van der Waals surface area contributed by atoms with Crippen LogP contribution in [0, 0.1) is 6.92 Å². The van der Waals surface area contributed by atoms with Crippen LogP contribution in [0.5, 0.6) is 0 Å². The van der Waals surface area contributed by atoms with Crippen LogP contribution in [0.2, 0.25) is 0 Å². The SMILES string of the molecule is Cc1ccc(C(=O)CCC(=O)Nc2cc(C(F)(F)F)ccc2-n2cccn2)s1. The average molecular weight is 407 g/mol. The summed E-state index contributed by atoms with van der Waals surface area (Å²) in [5.41, 5.74) is -0.613. The van der Waals surface area contributed by atoms with Crippen molar-refractivity contribution in [1.82, 2.24) is 9.78 Å². The van der Waals surface area contributed by atoms with Crippen LogP contribution in [0.3, 0.4) is 0 Å². The Hall–Kier alpha value is -2.94. The van der Waals surface area contributed by atoms with E-state index in [1.165, 1.54) is 28.3 Å². The van der Waals surface area contributed by atoms with Crippen molar-refractivity contribution >= 4 is 28.7 Å². The number of anilines is 1. The monoisotopic (exact) mass is 407 g/mol. The van der Waals surface area contributed by atoms with E-state index in [1.54, 1.807) is 18.3 Å². The topological polar surface area (TPSA) is 64.0 Å². The largest absolute Gasteiger partial charge is 0.416 e. The molecule has 146 valence electrons. The summed E-state index contributed by atoms with van der Waals surface area (Å²) in [6, 6.07) is 8.16. The van der Waals surface area contributed by atoms with Gasteiger partial charge in [-0.15, -0.1) is 11.3 Å². The van der Waals surface area contributed by atoms with Gasteiger partial charge in [0.2, 0.25) is 5.91 Å². The smallest absolute Gasteiger partial charge is 0.324 e. The highest BCUT2D eigenvalue weighted by molar-refractivity contribution is 7.14. The number of hydrogen-bond acceptors (Lipinski definition) is 4. The van der Waals surface area contributed by atoms with Gasteiger partial charge in [-0.05, 0) is 43.3 Å². The van der Waals surface area contributed by atoms with Gasteiger partial charge in [0.15, 0.2) is 5.78 Å². The number of halogens is 3. The first-order valence-corrected chi connectivity index (χ1v) is 9.16. The van der Waals surface area contributed by atoms with E-state index >= 15 is 0 Å². The number of Topliss-reactive ketones (excluding diaryl/α,β-unsaturated/α-hetero) is 1. The van der Waals surface area contributed by atoms with Crippen LogP contribution in [-0.2, 0) is 11.0 Å². The van der Waals surface area contributed by atoms with Gasteiger partial charge in [0.1, 0.15) is 0 Å². The fraction of sp³-hybridized carbons (Fsp3) is 0.211. The molecule has 0 radical (unpaired) electrons. The molecule has 0 spiro atoms. The molecule has 0 saturated heterocycles. The predicted octanol–water partition coefficient (Wildman–Crippen LogP) is 4.86. The molecule has 3 rings (SSSR count). The van der Waals surface area contributed by atoms with Gasteiger partial charge in [0.25, 0.3) is 0 Å². The van der Waals surface area contributed by atoms with Gasteiger partial charge < -0.3 is 5.32 Å². The molecule has 1 aromatic carbocycles. The van der Waals surface area contributed by atoms with E-state index in [4.69, 9.17) is 0 Å². The Labute approximate surface area is 162 Å². The third-order valence-electron chi connectivity index (χ3n) is 3.94. The Kier molecular flexibility index (Phi) is 5.64. The number of hydrogen-bond donors (Lipinski definition) is 1. The molecule has 0 aliphatic carbocycles. The molecular weight excluding hydrogens is 391 g/mol. The molecule has 3 aromatic rings. The molecule has 0 saturated carbocycles. The molecule has 1 amide bonds. The van der Waals surface area contributed by atoms with Crippen molar-refractivity contribution in [3.63, 3.8) is 0 Å². The third-order valence-corrected chi connectivity index (χ3v) is 4.99. The van der Waals surface area contributed by atoms with Gasteiger partial charge in [0, 0.05) is 30.1 Å². The second kappa shape index (κ2) is 7.97. The zero-order chi connectivity index (χ0) is 20.3. The molecule has 0 fully saturated rings. The van der Waals surface area contributed by atoms with Gasteiger partial charge in [-0.25, -0.2) is 4.68 Å². The number of ketones is 1. The number of aromatic nitrogens is 2. The maximum atomic E-state index is 13.0. The number of rotatable bonds is 6. The maximum absolute atomic E-state index is 13.0. The molecule has 9 heteroatoms. The highest BCUT2D eigenvalue weighted by Gasteiger charge is 2.31. The number of carbonyl (C=O) groups excluding carboxylic acids is 2. The molecule has 28 heavy (non-hydrogen) atoms. The molecule has 0 atom stereocenters. The van der Waals surface area contributed by atoms with Gasteiger partial charge in [-0.1, -0.05) is 0 Å². The standard InChI is InChI=1S/C19H16F3N3O2S/c1-12-3-7-17(28-12)16(26)6-8-18(27)24-14-11-13(19(20,21)22)4-5-15(14)25-10-2-9-23-25/h2-5,7,9-11H,6,8H2,1H3,(H,24,27). The van der Waals surface area contributed by atoms with Gasteiger partial charge in [0.05, 0.1) is 21.8 Å². The van der Waals surface area contributed by atoms with Crippen molar-refractivity contribution in [3.05, 3.63) is 64.1 Å². The van der Waals surface area contributed by atoms with E-state index in [0.717, 1.165) is 17.0 Å². The molecule has 5 nitrogen and oxygen atoms in total. The van der Waals surface area contributed by atoms with Crippen LogP contribution < -0.4 is 5.32 Å². The lowest BCUT2D eigenvalue weighted by atomic mass is 10.1. The Balaban J connectivity index is 1.76. The summed E-state index contributed by atoms with van der Waals surface area (Å²) in [6.07, 6.45) is -1.67. The first kappa shape index (κ1) is 19.8. The predicted molar refractivity (Wildman–Crippen MR) is 99.8 cm³/mol. The number of nitrogens with zero attached hydrogens (tertiary/aromatic N) is 2. The average Bonchev–Trinajstić information content (AvgIpc) is 3.30. The molecule has 2 heterocycles. The van der Waals surface area contributed by atoms with E-state index in [-0.39, 0.29) is 24.3 Å². The number of thiophene rings is 1. The minimum atomic E-state index is -4.55. The summed E-state index contributed by atoms with van der Waals surface area (Å²) in [4.78, 5) is 25.9. The second-order valence-electron chi connectivity index (χ2n) is 6.06. The molecule has 2 aromatic heterocycles. The van der Waals surface area contributed by atoms with Gasteiger partial charge >= 0.3 is 6.18 Å². The Morgan fingerprint density at radius 1 is 1.18 bits per heavy atom. The van der Waals surface area contributed by atoms with Crippen molar-refractivity contribution < 1.29 is 22.8 Å². The van der Waals surface area contributed by atoms with Crippen LogP contribution in [0.15, 0.2) is 48.8 Å². The van der Waals surface area contributed by atoms with Crippen molar-refractivity contribution in [1.29, 1.82) is 0 Å². The van der Waals surface area contributed by atoms with Crippen LogP contribution in [0.4, 0.5) is 18.9 Å². The zero-order valence-electron chi connectivity index (χ0n) is 14.8. The first-order valence-electron chi connectivity index (χ1n) is 8.35. The molecule has 1 N–H and O–H groups in total. The summed E-state index contributed by atoms with van der Waals surface area (Å²) in [5, 5.41) is 6.47. The molecule has 0 bridgehead atoms. The Morgan fingerprint density at radius 3 is 2.57 bits per heavy atom. The highest BCUT2D eigenvalue weighted by atomic mass is 32.1. The number of nitrogens with one attached hydrogen (secondary N) is 1. The van der Waals surface area contributed by atoms with Crippen molar-refractivity contribution in [3.8, 4) is 5.69 Å². The molecular formula is C19H16F3N3O2S. The molecule has 0 aliphatic rings. The van der Waals surface area contributed by atoms with E-state index in [0.29, 0.717) is 10.6 Å². The summed E-state index contributed by atoms with van der Waals surface area (Å²) >= 11 is 1.34. The van der Waals surface area contributed by atoms with Gasteiger partial charge in [-0.2, -0.15) is 18.3 Å². The molecule has 0 aliphatic heterocycles. The Morgan fingerprint density at radius 2 is 1.96 bits per heavy atom. The quantitative estimate of drug-likeness (QED) is 0.594. The zero-order valence-corrected chi connectivity index (χ0v) is 15.6. The minimum absolute atomic E-state index is 0.0251.